The molecule has 3 N–H and O–H groups in total. The van der Waals surface area contributed by atoms with Crippen LogP contribution in [0.4, 0.5) is 0 Å². The van der Waals surface area contributed by atoms with E-state index in [1.807, 2.05) is 13.0 Å². The summed E-state index contributed by atoms with van der Waals surface area (Å²) < 4.78 is 0. The molecule has 0 atom stereocenters. The zero-order valence-corrected chi connectivity index (χ0v) is 10.5. The van der Waals surface area contributed by atoms with Crippen LogP contribution in [0.1, 0.15) is 32.8 Å². The van der Waals surface area contributed by atoms with Crippen molar-refractivity contribution < 1.29 is 10.2 Å². The molecular formula is C13H23NO2. The van der Waals surface area contributed by atoms with Crippen molar-refractivity contribution in [3.8, 4) is 11.5 Å². The molecule has 0 aliphatic heterocycles. The van der Waals surface area contributed by atoms with Gasteiger partial charge in [0, 0.05) is 0 Å². The van der Waals surface area contributed by atoms with Crippen LogP contribution in [0, 0.1) is 0 Å². The van der Waals surface area contributed by atoms with Gasteiger partial charge in [0.2, 0.25) is 0 Å². The third-order valence-electron chi connectivity index (χ3n) is 2.12. The van der Waals surface area contributed by atoms with Crippen LogP contribution in [0.2, 0.25) is 0 Å². The van der Waals surface area contributed by atoms with Crippen molar-refractivity contribution in [1.29, 1.82) is 0 Å². The van der Waals surface area contributed by atoms with Crippen molar-refractivity contribution in [2.24, 2.45) is 0 Å². The Morgan fingerprint density at radius 1 is 1.06 bits per heavy atom. The van der Waals surface area contributed by atoms with E-state index in [4.69, 9.17) is 5.11 Å². The number of phenolic OH excluding ortho intramolecular Hbond substituents is 2. The standard InChI is InChI=1S/C9H12O2.C4H11N/c1-2-4-7-5-3-6-8(10)9(7)11;1-3-5-4-2/h3,5-6,10-11H,2,4H2,1H3;5H,3-4H2,1-2H3. The topological polar surface area (TPSA) is 52.5 Å². The molecule has 0 unspecified atom stereocenters. The average Bonchev–Trinajstić information content (AvgIpc) is 2.27. The second kappa shape index (κ2) is 9.04. The fourth-order valence-electron chi connectivity index (χ4n) is 1.30. The predicted molar refractivity (Wildman–Crippen MR) is 68.0 cm³/mol. The number of aromatic hydroxyl groups is 2. The van der Waals surface area contributed by atoms with E-state index >= 15 is 0 Å². The minimum absolute atomic E-state index is 0.0225. The van der Waals surface area contributed by atoms with Crippen LogP contribution in [-0.4, -0.2) is 23.3 Å². The molecule has 0 saturated carbocycles. The first-order valence-electron chi connectivity index (χ1n) is 5.87. The van der Waals surface area contributed by atoms with Crippen LogP contribution >= 0.6 is 0 Å². The van der Waals surface area contributed by atoms with Gasteiger partial charge < -0.3 is 15.5 Å². The fraction of sp³-hybridized carbons (Fsp3) is 0.538. The average molecular weight is 225 g/mol. The first-order valence-corrected chi connectivity index (χ1v) is 5.87. The predicted octanol–water partition coefficient (Wildman–Crippen LogP) is 2.67. The van der Waals surface area contributed by atoms with Crippen LogP contribution in [0.15, 0.2) is 18.2 Å². The van der Waals surface area contributed by atoms with Crippen molar-refractivity contribution in [2.45, 2.75) is 33.6 Å². The molecule has 16 heavy (non-hydrogen) atoms. The summed E-state index contributed by atoms with van der Waals surface area (Å²) in [6.07, 6.45) is 1.78. The number of benzene rings is 1. The van der Waals surface area contributed by atoms with Gasteiger partial charge in [-0.2, -0.15) is 0 Å². The van der Waals surface area contributed by atoms with Crippen molar-refractivity contribution in [3.05, 3.63) is 23.8 Å². The summed E-state index contributed by atoms with van der Waals surface area (Å²) in [6, 6.07) is 5.03. The molecule has 0 spiro atoms. The van der Waals surface area contributed by atoms with Gasteiger partial charge >= 0.3 is 0 Å². The summed E-state index contributed by atoms with van der Waals surface area (Å²) in [7, 11) is 0. The number of rotatable bonds is 4. The van der Waals surface area contributed by atoms with Gasteiger partial charge in [0.1, 0.15) is 0 Å². The van der Waals surface area contributed by atoms with E-state index in [0.29, 0.717) is 0 Å². The SMILES string of the molecule is CCCc1cccc(O)c1O.CCNCC. The number of hydrogen-bond acceptors (Lipinski definition) is 3. The molecule has 0 amide bonds. The van der Waals surface area contributed by atoms with Gasteiger partial charge in [-0.3, -0.25) is 0 Å². The summed E-state index contributed by atoms with van der Waals surface area (Å²) in [5, 5.41) is 21.5. The summed E-state index contributed by atoms with van der Waals surface area (Å²) in [5.41, 5.74) is 0.813. The van der Waals surface area contributed by atoms with E-state index in [-0.39, 0.29) is 11.5 Å². The second-order valence-corrected chi connectivity index (χ2v) is 3.49. The maximum absolute atomic E-state index is 9.28. The fourth-order valence-corrected chi connectivity index (χ4v) is 1.30. The van der Waals surface area contributed by atoms with Crippen LogP contribution in [0.25, 0.3) is 0 Å². The van der Waals surface area contributed by atoms with Crippen LogP contribution < -0.4 is 5.32 Å². The van der Waals surface area contributed by atoms with Gasteiger partial charge in [0.15, 0.2) is 11.5 Å². The van der Waals surface area contributed by atoms with Gasteiger partial charge in [0.25, 0.3) is 0 Å². The molecule has 0 aromatic heterocycles. The van der Waals surface area contributed by atoms with Gasteiger partial charge in [-0.15, -0.1) is 0 Å². The monoisotopic (exact) mass is 225 g/mol. The lowest BCUT2D eigenvalue weighted by Gasteiger charge is -2.03. The molecule has 0 fully saturated rings. The molecule has 1 aromatic rings. The lowest BCUT2D eigenvalue weighted by Crippen LogP contribution is -2.09. The molecule has 0 bridgehead atoms. The minimum Gasteiger partial charge on any atom is -0.504 e. The van der Waals surface area contributed by atoms with Crippen molar-refractivity contribution in [3.63, 3.8) is 0 Å². The molecule has 0 aliphatic carbocycles. The summed E-state index contributed by atoms with van der Waals surface area (Å²) in [4.78, 5) is 0. The lowest BCUT2D eigenvalue weighted by atomic mass is 10.1. The first kappa shape index (κ1) is 14.8. The number of hydrogen-bond donors (Lipinski definition) is 3. The zero-order chi connectivity index (χ0) is 12.4. The Kier molecular flexibility index (Phi) is 8.35. The van der Waals surface area contributed by atoms with E-state index < -0.39 is 0 Å². The third-order valence-corrected chi connectivity index (χ3v) is 2.12. The van der Waals surface area contributed by atoms with E-state index in [0.717, 1.165) is 31.5 Å². The highest BCUT2D eigenvalue weighted by Crippen LogP contribution is 2.28. The highest BCUT2D eigenvalue weighted by atomic mass is 16.3. The zero-order valence-electron chi connectivity index (χ0n) is 10.5. The number of aryl methyl sites for hydroxylation is 1. The highest BCUT2D eigenvalue weighted by molar-refractivity contribution is 5.44. The Morgan fingerprint density at radius 3 is 2.12 bits per heavy atom. The molecular weight excluding hydrogens is 202 g/mol. The smallest absolute Gasteiger partial charge is 0.160 e. The van der Waals surface area contributed by atoms with E-state index in [1.54, 1.807) is 6.07 Å². The van der Waals surface area contributed by atoms with Crippen molar-refractivity contribution in [1.82, 2.24) is 5.32 Å². The van der Waals surface area contributed by atoms with E-state index in [1.165, 1.54) is 6.07 Å². The van der Waals surface area contributed by atoms with Crippen LogP contribution in [0.5, 0.6) is 11.5 Å². The molecule has 3 heteroatoms. The third kappa shape index (κ3) is 5.61. The normalized spacial score (nSPS) is 9.44. The van der Waals surface area contributed by atoms with Gasteiger partial charge in [-0.05, 0) is 31.1 Å². The Morgan fingerprint density at radius 2 is 1.69 bits per heavy atom. The number of para-hydroxylation sites is 1. The van der Waals surface area contributed by atoms with E-state index in [9.17, 15) is 5.11 Å². The first-order chi connectivity index (χ1) is 7.67. The van der Waals surface area contributed by atoms with Gasteiger partial charge in [-0.25, -0.2) is 0 Å². The van der Waals surface area contributed by atoms with Crippen molar-refractivity contribution in [2.75, 3.05) is 13.1 Å². The Bertz CT molecular complexity index is 285. The summed E-state index contributed by atoms with van der Waals surface area (Å²) in [6.45, 7) is 8.42. The quantitative estimate of drug-likeness (QED) is 0.690. The Labute approximate surface area is 98.1 Å². The van der Waals surface area contributed by atoms with Gasteiger partial charge in [0.05, 0.1) is 0 Å². The summed E-state index contributed by atoms with van der Waals surface area (Å²) >= 11 is 0. The second-order valence-electron chi connectivity index (χ2n) is 3.49. The molecule has 1 rings (SSSR count). The highest BCUT2D eigenvalue weighted by Gasteiger charge is 2.02. The van der Waals surface area contributed by atoms with Crippen molar-refractivity contribution >= 4 is 0 Å². The van der Waals surface area contributed by atoms with Gasteiger partial charge in [-0.1, -0.05) is 39.3 Å². The number of phenols is 2. The lowest BCUT2D eigenvalue weighted by molar-refractivity contribution is 0.399. The number of nitrogens with one attached hydrogen (secondary N) is 1. The molecule has 0 heterocycles. The van der Waals surface area contributed by atoms with Crippen LogP contribution in [0.3, 0.4) is 0 Å². The molecule has 0 saturated heterocycles. The molecule has 92 valence electrons. The largest absolute Gasteiger partial charge is 0.504 e. The van der Waals surface area contributed by atoms with E-state index in [2.05, 4.69) is 19.2 Å². The minimum atomic E-state index is -0.0315. The maximum atomic E-state index is 9.28. The van der Waals surface area contributed by atoms with Crippen LogP contribution in [-0.2, 0) is 6.42 Å². The Hall–Kier alpha value is -1.22. The molecule has 0 radical (unpaired) electrons. The molecule has 1 aromatic carbocycles. The Balaban J connectivity index is 0.000000385. The maximum Gasteiger partial charge on any atom is 0.160 e. The molecule has 0 aliphatic rings. The summed E-state index contributed by atoms with van der Waals surface area (Å²) in [5.74, 6) is -0.00898. The molecule has 3 nitrogen and oxygen atoms in total.